The second kappa shape index (κ2) is 7.09. The third-order valence-electron chi connectivity index (χ3n) is 3.35. The Kier molecular flexibility index (Phi) is 5.17. The molecule has 0 bridgehead atoms. The van der Waals surface area contributed by atoms with E-state index >= 15 is 0 Å². The largest absolute Gasteiger partial charge is 0.459 e. The first-order valence-electron chi connectivity index (χ1n) is 7.06. The van der Waals surface area contributed by atoms with Crippen LogP contribution < -0.4 is 10.6 Å². The molecule has 1 aromatic rings. The van der Waals surface area contributed by atoms with Crippen molar-refractivity contribution in [2.75, 3.05) is 26.2 Å². The second-order valence-electron chi connectivity index (χ2n) is 4.87. The molecule has 1 aromatic heterocycles. The number of nitrogens with zero attached hydrogens (tertiary/aromatic N) is 1. The zero-order chi connectivity index (χ0) is 14.4. The highest BCUT2D eigenvalue weighted by molar-refractivity contribution is 5.95. The molecule has 2 amide bonds. The lowest BCUT2D eigenvalue weighted by Gasteiger charge is -2.31. The molecule has 2 rings (SSSR count). The van der Waals surface area contributed by atoms with Crippen molar-refractivity contribution in [3.63, 3.8) is 0 Å². The fourth-order valence-corrected chi connectivity index (χ4v) is 2.29. The first-order chi connectivity index (χ1) is 9.72. The van der Waals surface area contributed by atoms with E-state index in [0.29, 0.717) is 19.5 Å². The molecule has 1 atom stereocenters. The fraction of sp³-hybridized carbons (Fsp3) is 0.571. The smallest absolute Gasteiger partial charge is 0.287 e. The SMILES string of the molecule is CCCC(NC(=O)c1ccco1)C(=O)N1CCNCC1. The number of hydrogen-bond donors (Lipinski definition) is 2. The van der Waals surface area contributed by atoms with Crippen LogP contribution in [0.1, 0.15) is 30.3 Å². The molecule has 0 saturated carbocycles. The van der Waals surface area contributed by atoms with Gasteiger partial charge < -0.3 is 20.0 Å². The van der Waals surface area contributed by atoms with Gasteiger partial charge in [-0.3, -0.25) is 9.59 Å². The van der Waals surface area contributed by atoms with Crippen molar-refractivity contribution >= 4 is 11.8 Å². The van der Waals surface area contributed by atoms with Crippen LogP contribution in [0.3, 0.4) is 0 Å². The minimum atomic E-state index is -0.476. The van der Waals surface area contributed by atoms with E-state index in [1.165, 1.54) is 6.26 Å². The predicted molar refractivity (Wildman–Crippen MR) is 74.3 cm³/mol. The molecule has 1 fully saturated rings. The number of furan rings is 1. The van der Waals surface area contributed by atoms with Gasteiger partial charge in [0.15, 0.2) is 5.76 Å². The van der Waals surface area contributed by atoms with Crippen LogP contribution in [-0.4, -0.2) is 48.9 Å². The maximum absolute atomic E-state index is 12.4. The van der Waals surface area contributed by atoms with Crippen molar-refractivity contribution in [2.24, 2.45) is 0 Å². The number of amides is 2. The Balaban J connectivity index is 1.98. The molecule has 0 spiro atoms. The third-order valence-corrected chi connectivity index (χ3v) is 3.35. The Morgan fingerprint density at radius 2 is 2.20 bits per heavy atom. The molecule has 20 heavy (non-hydrogen) atoms. The van der Waals surface area contributed by atoms with E-state index in [1.54, 1.807) is 17.0 Å². The minimum absolute atomic E-state index is 0.00624. The molecule has 1 unspecified atom stereocenters. The average Bonchev–Trinajstić information content (AvgIpc) is 3.01. The van der Waals surface area contributed by atoms with Gasteiger partial charge >= 0.3 is 0 Å². The van der Waals surface area contributed by atoms with Crippen LogP contribution in [0.4, 0.5) is 0 Å². The molecule has 110 valence electrons. The molecule has 1 aliphatic heterocycles. The van der Waals surface area contributed by atoms with Crippen LogP contribution in [0.15, 0.2) is 22.8 Å². The summed E-state index contributed by atoms with van der Waals surface area (Å²) in [6.07, 6.45) is 2.91. The van der Waals surface area contributed by atoms with Gasteiger partial charge in [0, 0.05) is 26.2 Å². The summed E-state index contributed by atoms with van der Waals surface area (Å²) in [5.41, 5.74) is 0. The van der Waals surface area contributed by atoms with Gasteiger partial charge in [0.1, 0.15) is 6.04 Å². The first kappa shape index (κ1) is 14.6. The molecule has 0 aliphatic carbocycles. The lowest BCUT2D eigenvalue weighted by molar-refractivity contribution is -0.134. The number of carbonyl (C=O) groups excluding carboxylic acids is 2. The maximum atomic E-state index is 12.4. The van der Waals surface area contributed by atoms with Crippen LogP contribution in [0, 0.1) is 0 Å². The summed E-state index contributed by atoms with van der Waals surface area (Å²) in [5.74, 6) is -0.107. The van der Waals surface area contributed by atoms with E-state index in [-0.39, 0.29) is 17.6 Å². The summed E-state index contributed by atoms with van der Waals surface area (Å²) < 4.78 is 5.05. The molecule has 0 aromatic carbocycles. The Labute approximate surface area is 118 Å². The Morgan fingerprint density at radius 1 is 1.45 bits per heavy atom. The van der Waals surface area contributed by atoms with Crippen molar-refractivity contribution in [3.8, 4) is 0 Å². The molecule has 1 saturated heterocycles. The third kappa shape index (κ3) is 3.60. The van der Waals surface area contributed by atoms with Crippen molar-refractivity contribution in [1.29, 1.82) is 0 Å². The van der Waals surface area contributed by atoms with Crippen molar-refractivity contribution in [3.05, 3.63) is 24.2 Å². The lowest BCUT2D eigenvalue weighted by Crippen LogP contribution is -2.54. The summed E-state index contributed by atoms with van der Waals surface area (Å²) in [6.45, 7) is 4.98. The highest BCUT2D eigenvalue weighted by Gasteiger charge is 2.27. The van der Waals surface area contributed by atoms with Gasteiger partial charge in [-0.15, -0.1) is 0 Å². The molecule has 2 N–H and O–H groups in total. The summed E-state index contributed by atoms with van der Waals surface area (Å²) >= 11 is 0. The molecule has 6 heteroatoms. The van der Waals surface area contributed by atoms with Crippen LogP contribution in [0.5, 0.6) is 0 Å². The van der Waals surface area contributed by atoms with E-state index in [0.717, 1.165) is 19.5 Å². The summed E-state index contributed by atoms with van der Waals surface area (Å²) in [4.78, 5) is 26.2. The van der Waals surface area contributed by atoms with Crippen LogP contribution in [0.2, 0.25) is 0 Å². The monoisotopic (exact) mass is 279 g/mol. The van der Waals surface area contributed by atoms with Gasteiger partial charge in [-0.05, 0) is 18.6 Å². The lowest BCUT2D eigenvalue weighted by atomic mass is 10.1. The zero-order valence-electron chi connectivity index (χ0n) is 11.7. The van der Waals surface area contributed by atoms with Gasteiger partial charge in [-0.25, -0.2) is 0 Å². The minimum Gasteiger partial charge on any atom is -0.459 e. The number of rotatable bonds is 5. The molecule has 6 nitrogen and oxygen atoms in total. The van der Waals surface area contributed by atoms with E-state index in [2.05, 4.69) is 10.6 Å². The zero-order valence-corrected chi connectivity index (χ0v) is 11.7. The van der Waals surface area contributed by atoms with Gasteiger partial charge in [-0.2, -0.15) is 0 Å². The van der Waals surface area contributed by atoms with Crippen LogP contribution >= 0.6 is 0 Å². The van der Waals surface area contributed by atoms with Gasteiger partial charge in [-0.1, -0.05) is 13.3 Å². The molecular formula is C14H21N3O3. The normalized spacial score (nSPS) is 16.8. The van der Waals surface area contributed by atoms with Crippen molar-refractivity contribution in [1.82, 2.24) is 15.5 Å². The first-order valence-corrected chi connectivity index (χ1v) is 7.06. The maximum Gasteiger partial charge on any atom is 0.287 e. The van der Waals surface area contributed by atoms with Gasteiger partial charge in [0.25, 0.3) is 5.91 Å². The van der Waals surface area contributed by atoms with E-state index < -0.39 is 6.04 Å². The topological polar surface area (TPSA) is 74.6 Å². The van der Waals surface area contributed by atoms with E-state index in [1.807, 2.05) is 6.92 Å². The molecule has 0 radical (unpaired) electrons. The number of carbonyl (C=O) groups is 2. The fourth-order valence-electron chi connectivity index (χ4n) is 2.29. The molecule has 1 aliphatic rings. The van der Waals surface area contributed by atoms with Gasteiger partial charge in [0.2, 0.25) is 5.91 Å². The Hall–Kier alpha value is -1.82. The second-order valence-corrected chi connectivity index (χ2v) is 4.87. The average molecular weight is 279 g/mol. The number of hydrogen-bond acceptors (Lipinski definition) is 4. The van der Waals surface area contributed by atoms with E-state index in [4.69, 9.17) is 4.42 Å². The standard InChI is InChI=1S/C14H21N3O3/c1-2-4-11(14(19)17-8-6-15-7-9-17)16-13(18)12-5-3-10-20-12/h3,5,10-11,15H,2,4,6-9H2,1H3,(H,16,18). The van der Waals surface area contributed by atoms with E-state index in [9.17, 15) is 9.59 Å². The summed E-state index contributed by atoms with van der Waals surface area (Å²) in [6, 6.07) is 2.77. The number of nitrogens with one attached hydrogen (secondary N) is 2. The highest BCUT2D eigenvalue weighted by atomic mass is 16.3. The van der Waals surface area contributed by atoms with Crippen molar-refractivity contribution < 1.29 is 14.0 Å². The Morgan fingerprint density at radius 3 is 2.80 bits per heavy atom. The highest BCUT2D eigenvalue weighted by Crippen LogP contribution is 2.07. The van der Waals surface area contributed by atoms with Gasteiger partial charge in [0.05, 0.1) is 6.26 Å². The summed E-state index contributed by atoms with van der Waals surface area (Å²) in [5, 5.41) is 5.98. The van der Waals surface area contributed by atoms with Crippen molar-refractivity contribution in [2.45, 2.75) is 25.8 Å². The molecular weight excluding hydrogens is 258 g/mol. The Bertz CT molecular complexity index is 439. The van der Waals surface area contributed by atoms with Crippen LogP contribution in [-0.2, 0) is 4.79 Å². The summed E-state index contributed by atoms with van der Waals surface area (Å²) in [7, 11) is 0. The predicted octanol–water partition coefficient (Wildman–Crippen LogP) is 0.610. The van der Waals surface area contributed by atoms with Crippen LogP contribution in [0.25, 0.3) is 0 Å². The number of piperazine rings is 1. The molecule has 2 heterocycles. The quantitative estimate of drug-likeness (QED) is 0.828.